The summed E-state index contributed by atoms with van der Waals surface area (Å²) in [5.74, 6) is -0.798. The van der Waals surface area contributed by atoms with Crippen molar-refractivity contribution in [1.82, 2.24) is 0 Å². The fourth-order valence-corrected chi connectivity index (χ4v) is 1.11. The molecule has 4 nitrogen and oxygen atoms in total. The van der Waals surface area contributed by atoms with Crippen LogP contribution in [0.25, 0.3) is 0 Å². The van der Waals surface area contributed by atoms with Crippen molar-refractivity contribution >= 4 is 34.6 Å². The monoisotopic (exact) mass is 256 g/mol. The first-order chi connectivity index (χ1) is 7.60. The molecule has 7 heteroatoms. The van der Waals surface area contributed by atoms with E-state index in [0.717, 1.165) is 0 Å². The molecule has 1 rings (SSSR count). The molecule has 0 radical (unpaired) electrons. The molecular weight excluding hydrogens is 254 g/mol. The molecule has 0 atom stereocenters. The molecule has 16 heavy (non-hydrogen) atoms. The van der Waals surface area contributed by atoms with Crippen molar-refractivity contribution in [3.63, 3.8) is 0 Å². The van der Waals surface area contributed by atoms with Gasteiger partial charge in [-0.3, -0.25) is 5.43 Å². The molecule has 0 saturated carbocycles. The lowest BCUT2D eigenvalue weighted by Crippen LogP contribution is -1.98. The van der Waals surface area contributed by atoms with Crippen LogP contribution < -0.4 is 5.43 Å². The van der Waals surface area contributed by atoms with Crippen molar-refractivity contribution in [3.05, 3.63) is 28.0 Å². The molecule has 0 bridgehead atoms. The number of rotatable bonds is 2. The van der Waals surface area contributed by atoms with Crippen molar-refractivity contribution in [2.24, 2.45) is 5.10 Å². The van der Waals surface area contributed by atoms with Gasteiger partial charge in [-0.25, -0.2) is 4.39 Å². The number of hydrazone groups is 1. The topological polar surface area (TPSA) is 72.0 Å². The van der Waals surface area contributed by atoms with E-state index in [2.05, 4.69) is 10.5 Å². The van der Waals surface area contributed by atoms with Gasteiger partial charge in [0.05, 0.1) is 15.7 Å². The summed E-state index contributed by atoms with van der Waals surface area (Å²) in [6.45, 7) is 0. The van der Waals surface area contributed by atoms with Gasteiger partial charge >= 0.3 is 0 Å². The molecule has 0 amide bonds. The molecule has 0 aliphatic heterocycles. The maximum Gasteiger partial charge on any atom is 0.237 e. The van der Waals surface area contributed by atoms with Gasteiger partial charge < -0.3 is 0 Å². The van der Waals surface area contributed by atoms with E-state index in [9.17, 15) is 4.39 Å². The number of nitrogens with one attached hydrogen (secondary N) is 1. The zero-order valence-corrected chi connectivity index (χ0v) is 9.14. The zero-order valence-electron chi connectivity index (χ0n) is 7.63. The SMILES string of the molecule is N#CC(C#N)=NNc1ccc(Cl)c(Cl)c1F. The van der Waals surface area contributed by atoms with Crippen molar-refractivity contribution in [2.45, 2.75) is 0 Å². The molecular formula is C9H3Cl2FN4. The van der Waals surface area contributed by atoms with Crippen LogP contribution in [0, 0.1) is 28.5 Å². The minimum absolute atomic E-state index is 0.0643. The normalized spacial score (nSPS) is 8.81. The highest BCUT2D eigenvalue weighted by molar-refractivity contribution is 6.42. The lowest BCUT2D eigenvalue weighted by Gasteiger charge is -2.04. The largest absolute Gasteiger partial charge is 0.273 e. The number of halogens is 3. The molecule has 0 heterocycles. The van der Waals surface area contributed by atoms with Crippen molar-refractivity contribution in [1.29, 1.82) is 10.5 Å². The first-order valence-corrected chi connectivity index (χ1v) is 4.63. The van der Waals surface area contributed by atoms with Crippen LogP contribution in [0.2, 0.25) is 10.0 Å². The van der Waals surface area contributed by atoms with Crippen LogP contribution in [0.15, 0.2) is 17.2 Å². The second-order valence-corrected chi connectivity index (χ2v) is 3.30. The molecule has 0 spiro atoms. The molecule has 1 N–H and O–H groups in total. The maximum absolute atomic E-state index is 13.4. The van der Waals surface area contributed by atoms with E-state index < -0.39 is 11.5 Å². The van der Waals surface area contributed by atoms with Crippen LogP contribution in [-0.2, 0) is 0 Å². The first kappa shape index (κ1) is 12.3. The van der Waals surface area contributed by atoms with Crippen LogP contribution in [0.4, 0.5) is 10.1 Å². The van der Waals surface area contributed by atoms with E-state index in [4.69, 9.17) is 33.7 Å². The zero-order chi connectivity index (χ0) is 12.1. The molecule has 1 aromatic carbocycles. The van der Waals surface area contributed by atoms with Crippen molar-refractivity contribution in [3.8, 4) is 12.1 Å². The molecule has 1 aromatic rings. The van der Waals surface area contributed by atoms with Crippen LogP contribution in [0.5, 0.6) is 0 Å². The van der Waals surface area contributed by atoms with E-state index in [1.807, 2.05) is 0 Å². The Balaban J connectivity index is 3.02. The fraction of sp³-hybridized carbons (Fsp3) is 0. The third-order valence-corrected chi connectivity index (χ3v) is 2.32. The quantitative estimate of drug-likeness (QED) is 0.503. The number of nitriles is 2. The van der Waals surface area contributed by atoms with Gasteiger partial charge in [0.2, 0.25) is 5.71 Å². The number of benzene rings is 1. The Morgan fingerprint density at radius 3 is 2.50 bits per heavy atom. The summed E-state index contributed by atoms with van der Waals surface area (Å²) in [5.41, 5.74) is 1.71. The Kier molecular flexibility index (Phi) is 4.07. The average Bonchev–Trinajstić information content (AvgIpc) is 2.30. The van der Waals surface area contributed by atoms with Gasteiger partial charge in [0.15, 0.2) is 5.82 Å². The highest BCUT2D eigenvalue weighted by Crippen LogP contribution is 2.29. The van der Waals surface area contributed by atoms with Gasteiger partial charge in [-0.15, -0.1) is 0 Å². The van der Waals surface area contributed by atoms with Gasteiger partial charge in [0, 0.05) is 0 Å². The summed E-state index contributed by atoms with van der Waals surface area (Å²) in [7, 11) is 0. The van der Waals surface area contributed by atoms with Crippen molar-refractivity contribution in [2.75, 3.05) is 5.43 Å². The molecule has 0 fully saturated rings. The van der Waals surface area contributed by atoms with Crippen LogP contribution >= 0.6 is 23.2 Å². The van der Waals surface area contributed by atoms with E-state index in [-0.39, 0.29) is 15.7 Å². The summed E-state index contributed by atoms with van der Waals surface area (Å²) in [6.07, 6.45) is 0. The van der Waals surface area contributed by atoms with Crippen molar-refractivity contribution < 1.29 is 4.39 Å². The summed E-state index contributed by atoms with van der Waals surface area (Å²) < 4.78 is 13.4. The van der Waals surface area contributed by atoms with E-state index in [1.165, 1.54) is 24.3 Å². The van der Waals surface area contributed by atoms with Gasteiger partial charge in [-0.05, 0) is 12.1 Å². The smallest absolute Gasteiger partial charge is 0.237 e. The molecule has 0 saturated heterocycles. The lowest BCUT2D eigenvalue weighted by molar-refractivity contribution is 0.631. The highest BCUT2D eigenvalue weighted by Gasteiger charge is 2.09. The number of nitrogens with zero attached hydrogens (tertiary/aromatic N) is 3. The lowest BCUT2D eigenvalue weighted by atomic mass is 10.3. The molecule has 0 aliphatic rings. The van der Waals surface area contributed by atoms with E-state index >= 15 is 0 Å². The Labute approximate surface area is 100 Å². The second-order valence-electron chi connectivity index (χ2n) is 2.52. The predicted molar refractivity (Wildman–Crippen MR) is 58.7 cm³/mol. The Hall–Kier alpha value is -1.82. The minimum Gasteiger partial charge on any atom is -0.273 e. The Bertz CT molecular complexity index is 512. The molecule has 0 unspecified atom stereocenters. The highest BCUT2D eigenvalue weighted by atomic mass is 35.5. The van der Waals surface area contributed by atoms with Crippen LogP contribution in [0.1, 0.15) is 0 Å². The Morgan fingerprint density at radius 1 is 1.31 bits per heavy atom. The minimum atomic E-state index is -0.798. The van der Waals surface area contributed by atoms with E-state index in [0.29, 0.717) is 0 Å². The summed E-state index contributed by atoms with van der Waals surface area (Å²) in [5, 5.41) is 20.0. The third-order valence-electron chi connectivity index (χ3n) is 1.54. The fourth-order valence-electron chi connectivity index (χ4n) is 0.803. The third kappa shape index (κ3) is 2.60. The Morgan fingerprint density at radius 2 is 1.94 bits per heavy atom. The van der Waals surface area contributed by atoms with Gasteiger partial charge in [0.25, 0.3) is 0 Å². The van der Waals surface area contributed by atoms with Gasteiger partial charge in [0.1, 0.15) is 12.1 Å². The van der Waals surface area contributed by atoms with Crippen LogP contribution in [0.3, 0.4) is 0 Å². The average molecular weight is 257 g/mol. The number of hydrogen-bond acceptors (Lipinski definition) is 4. The first-order valence-electron chi connectivity index (χ1n) is 3.87. The predicted octanol–water partition coefficient (Wildman–Crippen LogP) is 2.95. The summed E-state index contributed by atoms with van der Waals surface area (Å²) >= 11 is 11.1. The second kappa shape index (κ2) is 5.32. The van der Waals surface area contributed by atoms with E-state index in [1.54, 1.807) is 0 Å². The summed E-state index contributed by atoms with van der Waals surface area (Å²) in [4.78, 5) is 0. The molecule has 0 aromatic heterocycles. The molecule has 80 valence electrons. The number of anilines is 1. The van der Waals surface area contributed by atoms with Gasteiger partial charge in [-0.2, -0.15) is 15.6 Å². The standard InChI is InChI=1S/C9H3Cl2FN4/c10-6-1-2-7(9(12)8(6)11)16-15-5(3-13)4-14/h1-2,16H. The maximum atomic E-state index is 13.4. The molecule has 0 aliphatic carbocycles. The van der Waals surface area contributed by atoms with Crippen LogP contribution in [-0.4, -0.2) is 5.71 Å². The number of hydrogen-bond donors (Lipinski definition) is 1. The van der Waals surface area contributed by atoms with Gasteiger partial charge in [-0.1, -0.05) is 23.2 Å². The summed E-state index contributed by atoms with van der Waals surface area (Å²) in [6, 6.07) is 5.68.